The number of rotatable bonds is 1. The van der Waals surface area contributed by atoms with Gasteiger partial charge in [0.15, 0.2) is 0 Å². The van der Waals surface area contributed by atoms with Crippen molar-refractivity contribution in [1.29, 1.82) is 0 Å². The Morgan fingerprint density at radius 1 is 0.909 bits per heavy atom. The molecular formula is C8H17I2P. The molecule has 0 saturated carbocycles. The summed E-state index contributed by atoms with van der Waals surface area (Å²) >= 11 is 4.92. The van der Waals surface area contributed by atoms with Crippen LogP contribution in [0, 0.1) is 0 Å². The summed E-state index contributed by atoms with van der Waals surface area (Å²) in [7, 11) is 0. The van der Waals surface area contributed by atoms with Crippen molar-refractivity contribution >= 4 is 47.3 Å². The third-order valence-corrected chi connectivity index (χ3v) is 4.81. The van der Waals surface area contributed by atoms with Crippen LogP contribution < -0.4 is 0 Å². The second-order valence-corrected chi connectivity index (χ2v) is 14.4. The van der Waals surface area contributed by atoms with Gasteiger partial charge in [0.25, 0.3) is 0 Å². The first-order chi connectivity index (χ1) is 5.27. The van der Waals surface area contributed by atoms with Gasteiger partial charge in [-0.3, -0.25) is 0 Å². The Balaban J connectivity index is -0.0000000350. The molecule has 0 unspecified atom stereocenters. The second kappa shape index (κ2) is 43.5. The van der Waals surface area contributed by atoms with Crippen LogP contribution in [0.3, 0.4) is 0 Å². The number of halogens is 2. The molecule has 0 aliphatic rings. The van der Waals surface area contributed by atoms with Crippen LogP contribution in [0.15, 0.2) is 39.5 Å². The van der Waals surface area contributed by atoms with E-state index >= 15 is 0 Å². The van der Waals surface area contributed by atoms with Gasteiger partial charge in [0.1, 0.15) is 0 Å². The van der Waals surface area contributed by atoms with Crippen LogP contribution in [0.5, 0.6) is 0 Å². The predicted molar refractivity (Wildman–Crippen MR) is 79.3 cm³/mol. The molecule has 3 heteroatoms. The van der Waals surface area contributed by atoms with Crippen molar-refractivity contribution in [3.63, 3.8) is 0 Å². The Hall–Kier alpha value is 1.11. The lowest BCUT2D eigenvalue weighted by Crippen LogP contribution is -1.48. The summed E-state index contributed by atoms with van der Waals surface area (Å²) in [5.74, 6) is 0. The van der Waals surface area contributed by atoms with E-state index in [0.29, 0.717) is 3.21 Å². The van der Waals surface area contributed by atoms with Crippen molar-refractivity contribution < 1.29 is 0 Å². The molecule has 68 valence electrons. The molecular weight excluding hydrogens is 381 g/mol. The van der Waals surface area contributed by atoms with Crippen molar-refractivity contribution in [2.45, 2.75) is 6.92 Å². The normalized spacial score (nSPS) is 5.45. The predicted octanol–water partition coefficient (Wildman–Crippen LogP) is 5.59. The van der Waals surface area contributed by atoms with Crippen LogP contribution >= 0.6 is 47.3 Å². The molecule has 0 radical (unpaired) electrons. The highest BCUT2D eigenvalue weighted by Crippen LogP contribution is 2.52. The first-order valence-corrected chi connectivity index (χ1v) is 9.96. The smallest absolute Gasteiger partial charge is 0.0244 e. The van der Waals surface area contributed by atoms with Crippen LogP contribution in [-0.4, -0.2) is 6.16 Å². The minimum absolute atomic E-state index is 0.342. The summed E-state index contributed by atoms with van der Waals surface area (Å²) in [5, 5.41) is 0. The zero-order valence-corrected chi connectivity index (χ0v) is 12.4. The molecule has 11 heavy (non-hydrogen) atoms. The van der Waals surface area contributed by atoms with Crippen molar-refractivity contribution in [3.05, 3.63) is 39.5 Å². The average molecular weight is 398 g/mol. The first kappa shape index (κ1) is 22.7. The Kier molecular flexibility index (Phi) is 89.8. The first-order valence-electron chi connectivity index (χ1n) is 2.86. The van der Waals surface area contributed by atoms with Gasteiger partial charge < -0.3 is 0 Å². The van der Waals surface area contributed by atoms with Gasteiger partial charge in [0, 0.05) is 3.21 Å². The Labute approximate surface area is 99.0 Å². The molecule has 0 rings (SSSR count). The molecule has 0 atom stereocenters. The van der Waals surface area contributed by atoms with Gasteiger partial charge >= 0.3 is 0 Å². The van der Waals surface area contributed by atoms with Crippen molar-refractivity contribution in [2.24, 2.45) is 0 Å². The largest absolute Gasteiger partial charge is 0.106 e. The van der Waals surface area contributed by atoms with Gasteiger partial charge in [-0.1, -0.05) is 6.92 Å². The van der Waals surface area contributed by atoms with Crippen LogP contribution in [0.2, 0.25) is 0 Å². The summed E-state index contributed by atoms with van der Waals surface area (Å²) < 4.78 is 0.342. The molecule has 0 bridgehead atoms. The van der Waals surface area contributed by atoms with E-state index in [-0.39, 0.29) is 0 Å². The van der Waals surface area contributed by atoms with Crippen LogP contribution in [0.25, 0.3) is 0 Å². The number of hydrogen-bond donors (Lipinski definition) is 0. The van der Waals surface area contributed by atoms with Gasteiger partial charge in [0.05, 0.1) is 0 Å². The fourth-order valence-corrected chi connectivity index (χ4v) is 0. The third kappa shape index (κ3) is 95.3. The second-order valence-electron chi connectivity index (χ2n) is 0.619. The fourth-order valence-electron chi connectivity index (χ4n) is 0. The van der Waals surface area contributed by atoms with Gasteiger partial charge in [-0.15, -0.1) is 39.5 Å². The highest BCUT2D eigenvalue weighted by Gasteiger charge is 1.84. The van der Waals surface area contributed by atoms with Crippen LogP contribution in [0.1, 0.15) is 6.92 Å². The van der Waals surface area contributed by atoms with Gasteiger partial charge in [-0.25, -0.2) is 0 Å². The molecule has 0 aliphatic heterocycles. The minimum atomic E-state index is 0.342. The SMILES string of the molecule is C=C.C=C.C=C.CCP(I)I. The highest BCUT2D eigenvalue weighted by molar-refractivity contribution is 14.3. The van der Waals surface area contributed by atoms with Crippen molar-refractivity contribution in [2.75, 3.05) is 6.16 Å². The topological polar surface area (TPSA) is 0 Å². The molecule has 0 aromatic carbocycles. The van der Waals surface area contributed by atoms with E-state index in [1.54, 1.807) is 0 Å². The lowest BCUT2D eigenvalue weighted by atomic mass is 11.0. The maximum atomic E-state index is 3.00. The standard InChI is InChI=1S/C2H5I2P.3C2H4/c1-2-5(3)4;3*1-2/h2H2,1H3;3*1-2H2. The summed E-state index contributed by atoms with van der Waals surface area (Å²) in [6, 6.07) is 0. The molecule has 0 amide bonds. The number of hydrogen-bond acceptors (Lipinski definition) is 0. The quantitative estimate of drug-likeness (QED) is 0.307. The zero-order valence-electron chi connectivity index (χ0n) is 7.15. The molecule has 0 nitrogen and oxygen atoms in total. The molecule has 0 heterocycles. The fraction of sp³-hybridized carbons (Fsp3) is 0.250. The lowest BCUT2D eigenvalue weighted by molar-refractivity contribution is 1.53. The van der Waals surface area contributed by atoms with Crippen LogP contribution in [-0.2, 0) is 0 Å². The summed E-state index contributed by atoms with van der Waals surface area (Å²) in [6.45, 7) is 20.2. The summed E-state index contributed by atoms with van der Waals surface area (Å²) in [5.41, 5.74) is 0. The average Bonchev–Trinajstić information content (AvgIpc) is 2.15. The summed E-state index contributed by atoms with van der Waals surface area (Å²) in [6.07, 6.45) is 1.34. The molecule has 0 fully saturated rings. The van der Waals surface area contributed by atoms with E-state index in [1.165, 1.54) is 6.16 Å². The molecule has 0 spiro atoms. The van der Waals surface area contributed by atoms with Crippen LogP contribution in [0.4, 0.5) is 0 Å². The Morgan fingerprint density at radius 2 is 1.00 bits per heavy atom. The van der Waals surface area contributed by atoms with E-state index in [0.717, 1.165) is 0 Å². The minimum Gasteiger partial charge on any atom is -0.106 e. The Morgan fingerprint density at radius 3 is 1.00 bits per heavy atom. The molecule has 0 aromatic rings. The maximum absolute atomic E-state index is 3.00. The van der Waals surface area contributed by atoms with E-state index in [9.17, 15) is 0 Å². The molecule has 0 saturated heterocycles. The molecule has 0 aliphatic carbocycles. The van der Waals surface area contributed by atoms with Gasteiger partial charge in [-0.05, 0) is 50.2 Å². The van der Waals surface area contributed by atoms with E-state index < -0.39 is 0 Å². The highest BCUT2D eigenvalue weighted by atomic mass is 127. The lowest BCUT2D eigenvalue weighted by Gasteiger charge is -1.86. The summed E-state index contributed by atoms with van der Waals surface area (Å²) in [4.78, 5) is 0. The zero-order chi connectivity index (χ0) is 10.3. The van der Waals surface area contributed by atoms with Gasteiger partial charge in [-0.2, -0.15) is 0 Å². The van der Waals surface area contributed by atoms with E-state index in [1.807, 2.05) is 0 Å². The third-order valence-electron chi connectivity index (χ3n) is 0.239. The molecule has 0 aromatic heterocycles. The van der Waals surface area contributed by atoms with E-state index in [4.69, 9.17) is 0 Å². The van der Waals surface area contributed by atoms with E-state index in [2.05, 4.69) is 90.5 Å². The molecule has 0 N–H and O–H groups in total. The van der Waals surface area contributed by atoms with Crippen molar-refractivity contribution in [3.8, 4) is 0 Å². The Bertz CT molecular complexity index is 44.6. The maximum Gasteiger partial charge on any atom is 0.0244 e. The van der Waals surface area contributed by atoms with Crippen molar-refractivity contribution in [1.82, 2.24) is 0 Å². The van der Waals surface area contributed by atoms with Gasteiger partial charge in [0.2, 0.25) is 0 Å². The monoisotopic (exact) mass is 398 g/mol.